The second kappa shape index (κ2) is 8.85. The van der Waals surface area contributed by atoms with Crippen molar-refractivity contribution in [2.45, 2.75) is 0 Å². The van der Waals surface area contributed by atoms with Crippen molar-refractivity contribution < 1.29 is 13.9 Å². The summed E-state index contributed by atoms with van der Waals surface area (Å²) >= 11 is 6.77. The van der Waals surface area contributed by atoms with Crippen molar-refractivity contribution in [2.24, 2.45) is 0 Å². The first-order chi connectivity index (χ1) is 14.5. The van der Waals surface area contributed by atoms with Gasteiger partial charge < -0.3 is 14.5 Å². The van der Waals surface area contributed by atoms with Gasteiger partial charge in [0, 0.05) is 26.5 Å². The molecule has 0 saturated heterocycles. The minimum absolute atomic E-state index is 0.184. The van der Waals surface area contributed by atoms with Gasteiger partial charge in [-0.05, 0) is 57.4 Å². The number of carbonyl (C=O) groups excluding carboxylic acids is 1. The highest BCUT2D eigenvalue weighted by Crippen LogP contribution is 2.30. The number of carbonyl (C=O) groups is 1. The smallest absolute Gasteiger partial charge is 0.336 e. The van der Waals surface area contributed by atoms with Crippen LogP contribution in [-0.4, -0.2) is 12.5 Å². The quantitative estimate of drug-likeness (QED) is 0.322. The molecule has 0 aliphatic rings. The Labute approximate surface area is 188 Å². The van der Waals surface area contributed by atoms with Crippen LogP contribution in [-0.2, 0) is 4.79 Å². The normalized spacial score (nSPS) is 10.7. The van der Waals surface area contributed by atoms with Crippen molar-refractivity contribution in [3.8, 4) is 16.9 Å². The van der Waals surface area contributed by atoms with Crippen LogP contribution in [0, 0.1) is 0 Å². The van der Waals surface area contributed by atoms with E-state index in [0.717, 1.165) is 25.5 Å². The highest BCUT2D eigenvalue weighted by Gasteiger charge is 2.11. The third-order valence-corrected chi connectivity index (χ3v) is 5.53. The van der Waals surface area contributed by atoms with Gasteiger partial charge in [-0.25, -0.2) is 4.79 Å². The molecule has 1 N–H and O–H groups in total. The molecule has 4 aromatic rings. The van der Waals surface area contributed by atoms with Gasteiger partial charge in [0.15, 0.2) is 6.61 Å². The van der Waals surface area contributed by atoms with Gasteiger partial charge in [-0.15, -0.1) is 0 Å². The molecule has 4 rings (SSSR count). The zero-order valence-electron chi connectivity index (χ0n) is 15.5. The minimum atomic E-state index is -0.448. The first-order valence-electron chi connectivity index (χ1n) is 9.00. The summed E-state index contributed by atoms with van der Waals surface area (Å²) in [4.78, 5) is 24.3. The number of halogens is 2. The molecule has 0 saturated carbocycles. The van der Waals surface area contributed by atoms with Crippen molar-refractivity contribution in [3.63, 3.8) is 0 Å². The van der Waals surface area contributed by atoms with Gasteiger partial charge in [0.2, 0.25) is 0 Å². The van der Waals surface area contributed by atoms with Gasteiger partial charge in [0.25, 0.3) is 5.91 Å². The molecule has 1 heterocycles. The SMILES string of the molecule is O=C(COc1ccc2c(-c3ccccc3)cc(=O)oc2c1)Nc1ccc(Br)cc1Br. The molecule has 0 atom stereocenters. The summed E-state index contributed by atoms with van der Waals surface area (Å²) in [5.41, 5.74) is 2.30. The number of ether oxygens (including phenoxy) is 1. The zero-order chi connectivity index (χ0) is 21.1. The summed E-state index contributed by atoms with van der Waals surface area (Å²) in [5, 5.41) is 3.57. The zero-order valence-corrected chi connectivity index (χ0v) is 18.7. The van der Waals surface area contributed by atoms with E-state index in [1.165, 1.54) is 6.07 Å². The number of rotatable bonds is 5. The first kappa shape index (κ1) is 20.4. The highest BCUT2D eigenvalue weighted by molar-refractivity contribution is 9.11. The van der Waals surface area contributed by atoms with Crippen molar-refractivity contribution in [1.29, 1.82) is 0 Å². The molecule has 3 aromatic carbocycles. The lowest BCUT2D eigenvalue weighted by atomic mass is 10.0. The second-order valence-electron chi connectivity index (χ2n) is 6.46. The van der Waals surface area contributed by atoms with Gasteiger partial charge in [0.1, 0.15) is 11.3 Å². The maximum absolute atomic E-state index is 12.2. The maximum atomic E-state index is 12.2. The Bertz CT molecular complexity index is 1290. The average Bonchev–Trinajstić information content (AvgIpc) is 2.74. The lowest BCUT2D eigenvalue weighted by Gasteiger charge is -2.10. The lowest BCUT2D eigenvalue weighted by Crippen LogP contribution is -2.20. The van der Waals surface area contributed by atoms with Crippen molar-refractivity contribution in [1.82, 2.24) is 0 Å². The Hall–Kier alpha value is -2.90. The largest absolute Gasteiger partial charge is 0.484 e. The van der Waals surface area contributed by atoms with Crippen LogP contribution in [0.2, 0.25) is 0 Å². The topological polar surface area (TPSA) is 68.5 Å². The van der Waals surface area contributed by atoms with Crippen LogP contribution in [0.1, 0.15) is 0 Å². The number of nitrogens with one attached hydrogen (secondary N) is 1. The van der Waals surface area contributed by atoms with E-state index in [4.69, 9.17) is 9.15 Å². The Morgan fingerprint density at radius 3 is 2.53 bits per heavy atom. The molecule has 30 heavy (non-hydrogen) atoms. The Balaban J connectivity index is 1.53. The van der Waals surface area contributed by atoms with Gasteiger partial charge in [-0.3, -0.25) is 4.79 Å². The molecule has 0 fully saturated rings. The number of fused-ring (bicyclic) bond motifs is 1. The summed E-state index contributed by atoms with van der Waals surface area (Å²) in [6, 6.07) is 21.7. The van der Waals surface area contributed by atoms with Crippen molar-refractivity contribution >= 4 is 54.4 Å². The first-order valence-corrected chi connectivity index (χ1v) is 10.6. The standard InChI is InChI=1S/C23H15Br2NO4/c24-15-6-9-20(19(25)10-15)26-22(27)13-29-16-7-8-17-18(14-4-2-1-3-5-14)12-23(28)30-21(17)11-16/h1-12H,13H2,(H,26,27). The molecule has 0 aliphatic carbocycles. The van der Waals surface area contributed by atoms with Crippen LogP contribution in [0.4, 0.5) is 5.69 Å². The highest BCUT2D eigenvalue weighted by atomic mass is 79.9. The average molecular weight is 529 g/mol. The fourth-order valence-corrected chi connectivity index (χ4v) is 4.16. The van der Waals surface area contributed by atoms with Crippen LogP contribution in [0.15, 0.2) is 91.0 Å². The predicted molar refractivity (Wildman–Crippen MR) is 124 cm³/mol. The Kier molecular flexibility index (Phi) is 6.01. The third kappa shape index (κ3) is 4.63. The monoisotopic (exact) mass is 527 g/mol. The van der Waals surface area contributed by atoms with Gasteiger partial charge in [0.05, 0.1) is 5.69 Å². The molecule has 0 unspecified atom stereocenters. The van der Waals surface area contributed by atoms with E-state index in [2.05, 4.69) is 37.2 Å². The van der Waals surface area contributed by atoms with Crippen LogP contribution in [0.3, 0.4) is 0 Å². The molecule has 0 aliphatic heterocycles. The summed E-state index contributed by atoms with van der Waals surface area (Å²) in [6.07, 6.45) is 0. The van der Waals surface area contributed by atoms with Crippen molar-refractivity contribution in [2.75, 3.05) is 11.9 Å². The summed E-state index contributed by atoms with van der Waals surface area (Å²) in [6.45, 7) is -0.184. The lowest BCUT2D eigenvalue weighted by molar-refractivity contribution is -0.118. The number of hydrogen-bond acceptors (Lipinski definition) is 4. The van der Waals surface area contributed by atoms with Crippen LogP contribution >= 0.6 is 31.9 Å². The third-order valence-electron chi connectivity index (χ3n) is 4.38. The molecule has 0 spiro atoms. The molecular formula is C23H15Br2NO4. The minimum Gasteiger partial charge on any atom is -0.484 e. The van der Waals surface area contributed by atoms with Crippen molar-refractivity contribution in [3.05, 3.63) is 92.2 Å². The number of amides is 1. The van der Waals surface area contributed by atoms with Gasteiger partial charge in [-0.2, -0.15) is 0 Å². The number of hydrogen-bond donors (Lipinski definition) is 1. The van der Waals surface area contributed by atoms with E-state index >= 15 is 0 Å². The van der Waals surface area contributed by atoms with Crippen LogP contribution in [0.5, 0.6) is 5.75 Å². The second-order valence-corrected chi connectivity index (χ2v) is 8.23. The summed E-state index contributed by atoms with van der Waals surface area (Å²) in [7, 11) is 0. The van der Waals surface area contributed by atoms with E-state index in [1.54, 1.807) is 18.2 Å². The molecule has 0 radical (unpaired) electrons. The molecule has 7 heteroatoms. The Morgan fingerprint density at radius 2 is 1.77 bits per heavy atom. The Morgan fingerprint density at radius 1 is 0.967 bits per heavy atom. The van der Waals surface area contributed by atoms with Crippen LogP contribution in [0.25, 0.3) is 22.1 Å². The van der Waals surface area contributed by atoms with E-state index in [0.29, 0.717) is 17.0 Å². The van der Waals surface area contributed by atoms with E-state index < -0.39 is 5.63 Å². The molecule has 1 aromatic heterocycles. The molecule has 0 bridgehead atoms. The molecule has 1 amide bonds. The van der Waals surface area contributed by atoms with Crippen LogP contribution < -0.4 is 15.7 Å². The fraction of sp³-hybridized carbons (Fsp3) is 0.0435. The molecular weight excluding hydrogens is 514 g/mol. The van der Waals surface area contributed by atoms with Gasteiger partial charge in [-0.1, -0.05) is 46.3 Å². The number of benzene rings is 3. The van der Waals surface area contributed by atoms with E-state index in [1.807, 2.05) is 48.5 Å². The number of anilines is 1. The molecule has 150 valence electrons. The predicted octanol–water partition coefficient (Wildman–Crippen LogP) is 6.00. The fourth-order valence-electron chi connectivity index (χ4n) is 3.02. The summed E-state index contributed by atoms with van der Waals surface area (Å²) in [5.74, 6) is 0.124. The van der Waals surface area contributed by atoms with E-state index in [-0.39, 0.29) is 12.5 Å². The maximum Gasteiger partial charge on any atom is 0.336 e. The van der Waals surface area contributed by atoms with E-state index in [9.17, 15) is 9.59 Å². The molecule has 5 nitrogen and oxygen atoms in total. The van der Waals surface area contributed by atoms with Gasteiger partial charge >= 0.3 is 5.63 Å². The summed E-state index contributed by atoms with van der Waals surface area (Å²) < 4.78 is 12.6.